The van der Waals surface area contributed by atoms with Crippen LogP contribution >= 0.6 is 11.6 Å². The van der Waals surface area contributed by atoms with Crippen molar-refractivity contribution in [3.8, 4) is 0 Å². The van der Waals surface area contributed by atoms with E-state index in [2.05, 4.69) is 31.0 Å². The molecule has 1 fully saturated rings. The third-order valence-corrected chi connectivity index (χ3v) is 3.32. The summed E-state index contributed by atoms with van der Waals surface area (Å²) in [6, 6.07) is 0.308. The zero-order valence-electron chi connectivity index (χ0n) is 10.2. The molecule has 1 unspecified atom stereocenters. The van der Waals surface area contributed by atoms with Crippen molar-refractivity contribution in [2.45, 2.75) is 70.3 Å². The van der Waals surface area contributed by atoms with Gasteiger partial charge in [0.05, 0.1) is 6.04 Å². The van der Waals surface area contributed by atoms with Gasteiger partial charge in [0.2, 0.25) is 0 Å². The molecule has 0 heterocycles. The van der Waals surface area contributed by atoms with Gasteiger partial charge in [0.15, 0.2) is 5.00 Å². The monoisotopic (exact) mass is 230 g/mol. The fourth-order valence-corrected chi connectivity index (χ4v) is 2.44. The first-order chi connectivity index (χ1) is 7.02. The molecule has 3 heteroatoms. The highest BCUT2D eigenvalue weighted by molar-refractivity contribution is 6.23. The summed E-state index contributed by atoms with van der Waals surface area (Å²) in [5.41, 5.74) is 0. The number of nitrogens with zero attached hydrogens (tertiary/aromatic N) is 2. The fraction of sp³-hybridized carbons (Fsp3) is 1.00. The molecule has 88 valence electrons. The van der Waals surface area contributed by atoms with Gasteiger partial charge in [-0.2, -0.15) is 10.2 Å². The lowest BCUT2D eigenvalue weighted by Gasteiger charge is -2.26. The molecule has 1 saturated carbocycles. The molecular weight excluding hydrogens is 208 g/mol. The Balaban J connectivity index is 2.40. The van der Waals surface area contributed by atoms with E-state index in [1.54, 1.807) is 0 Å². The van der Waals surface area contributed by atoms with Crippen molar-refractivity contribution in [2.75, 3.05) is 0 Å². The average molecular weight is 231 g/mol. The zero-order valence-corrected chi connectivity index (χ0v) is 10.9. The maximum absolute atomic E-state index is 6.40. The first kappa shape index (κ1) is 13.0. The third-order valence-electron chi connectivity index (χ3n) is 2.87. The van der Waals surface area contributed by atoms with Crippen LogP contribution < -0.4 is 0 Å². The van der Waals surface area contributed by atoms with E-state index in [1.165, 1.54) is 19.3 Å². The van der Waals surface area contributed by atoms with E-state index in [1.807, 2.05) is 0 Å². The summed E-state index contributed by atoms with van der Waals surface area (Å²) in [5, 5.41) is 8.71. The Morgan fingerprint density at radius 1 is 1.13 bits per heavy atom. The molecule has 1 aliphatic rings. The maximum atomic E-state index is 6.40. The van der Waals surface area contributed by atoms with E-state index < -0.39 is 0 Å². The van der Waals surface area contributed by atoms with Crippen LogP contribution in [0, 0.1) is 5.92 Å². The minimum atomic E-state index is -0.372. The van der Waals surface area contributed by atoms with Crippen molar-refractivity contribution in [1.29, 1.82) is 0 Å². The predicted octanol–water partition coefficient (Wildman–Crippen LogP) is 4.77. The normalized spacial score (nSPS) is 23.5. The van der Waals surface area contributed by atoms with Crippen LogP contribution in [-0.4, -0.2) is 11.0 Å². The molecule has 0 aromatic rings. The molecule has 1 aliphatic carbocycles. The summed E-state index contributed by atoms with van der Waals surface area (Å²) in [7, 11) is 0. The predicted molar refractivity (Wildman–Crippen MR) is 65.4 cm³/mol. The Hall–Kier alpha value is -0.110. The van der Waals surface area contributed by atoms with Crippen molar-refractivity contribution in [1.82, 2.24) is 0 Å². The third kappa shape index (κ3) is 4.96. The van der Waals surface area contributed by atoms with E-state index in [4.69, 9.17) is 11.6 Å². The summed E-state index contributed by atoms with van der Waals surface area (Å²) in [5.74, 6) is 0.677. The maximum Gasteiger partial charge on any atom is 0.154 e. The molecule has 0 saturated heterocycles. The Morgan fingerprint density at radius 3 is 2.27 bits per heavy atom. The second-order valence-electron chi connectivity index (χ2n) is 5.17. The SMILES string of the molecule is CC(C)CC(C)N=NC1(Cl)CCCCC1. The number of hydrogen-bond donors (Lipinski definition) is 0. The summed E-state index contributed by atoms with van der Waals surface area (Å²) < 4.78 is 0. The molecular formula is C12H23ClN2. The lowest BCUT2D eigenvalue weighted by atomic mass is 9.95. The largest absolute Gasteiger partial charge is 0.189 e. The second kappa shape index (κ2) is 5.83. The van der Waals surface area contributed by atoms with Gasteiger partial charge in [0.1, 0.15) is 0 Å². The molecule has 0 amide bonds. The topological polar surface area (TPSA) is 24.7 Å². The Kier molecular flexibility index (Phi) is 5.04. The van der Waals surface area contributed by atoms with Crippen LogP contribution in [0.1, 0.15) is 59.3 Å². The van der Waals surface area contributed by atoms with Gasteiger partial charge in [-0.25, -0.2) is 0 Å². The molecule has 15 heavy (non-hydrogen) atoms. The summed E-state index contributed by atoms with van der Waals surface area (Å²) >= 11 is 6.40. The molecule has 0 N–H and O–H groups in total. The minimum absolute atomic E-state index is 0.308. The quantitative estimate of drug-likeness (QED) is 0.378. The molecule has 1 atom stereocenters. The Morgan fingerprint density at radius 2 is 1.73 bits per heavy atom. The van der Waals surface area contributed by atoms with Crippen molar-refractivity contribution in [3.05, 3.63) is 0 Å². The van der Waals surface area contributed by atoms with Crippen LogP contribution in [0.2, 0.25) is 0 Å². The van der Waals surface area contributed by atoms with Gasteiger partial charge in [-0.1, -0.05) is 31.9 Å². The lowest BCUT2D eigenvalue weighted by Crippen LogP contribution is -2.22. The molecule has 2 nitrogen and oxygen atoms in total. The molecule has 0 bridgehead atoms. The number of alkyl halides is 1. The van der Waals surface area contributed by atoms with Crippen LogP contribution in [-0.2, 0) is 0 Å². The summed E-state index contributed by atoms with van der Waals surface area (Å²) in [6.45, 7) is 6.54. The lowest BCUT2D eigenvalue weighted by molar-refractivity contribution is 0.375. The molecule has 0 aromatic carbocycles. The molecule has 0 aromatic heterocycles. The van der Waals surface area contributed by atoms with Gasteiger partial charge >= 0.3 is 0 Å². The van der Waals surface area contributed by atoms with Crippen LogP contribution in [0.4, 0.5) is 0 Å². The van der Waals surface area contributed by atoms with Crippen LogP contribution in [0.25, 0.3) is 0 Å². The zero-order chi connectivity index (χ0) is 11.3. The fourth-order valence-electron chi connectivity index (χ4n) is 2.12. The highest BCUT2D eigenvalue weighted by Crippen LogP contribution is 2.35. The van der Waals surface area contributed by atoms with Gasteiger partial charge < -0.3 is 0 Å². The van der Waals surface area contributed by atoms with Crippen LogP contribution in [0.3, 0.4) is 0 Å². The molecule has 1 rings (SSSR count). The van der Waals surface area contributed by atoms with E-state index in [0.29, 0.717) is 12.0 Å². The van der Waals surface area contributed by atoms with Gasteiger partial charge in [-0.3, -0.25) is 0 Å². The first-order valence-corrected chi connectivity index (χ1v) is 6.50. The average Bonchev–Trinajstić information content (AvgIpc) is 2.15. The minimum Gasteiger partial charge on any atom is -0.189 e. The molecule has 0 spiro atoms. The Bertz CT molecular complexity index is 208. The van der Waals surface area contributed by atoms with Gasteiger partial charge in [0.25, 0.3) is 0 Å². The highest BCUT2D eigenvalue weighted by atomic mass is 35.5. The second-order valence-corrected chi connectivity index (χ2v) is 5.88. The number of hydrogen-bond acceptors (Lipinski definition) is 2. The van der Waals surface area contributed by atoms with Crippen molar-refractivity contribution in [2.24, 2.45) is 16.1 Å². The van der Waals surface area contributed by atoms with Gasteiger partial charge in [0, 0.05) is 0 Å². The van der Waals surface area contributed by atoms with Gasteiger partial charge in [-0.15, -0.1) is 0 Å². The van der Waals surface area contributed by atoms with E-state index in [0.717, 1.165) is 19.3 Å². The van der Waals surface area contributed by atoms with Crippen LogP contribution in [0.5, 0.6) is 0 Å². The number of azo groups is 1. The van der Waals surface area contributed by atoms with Crippen molar-refractivity contribution in [3.63, 3.8) is 0 Å². The first-order valence-electron chi connectivity index (χ1n) is 6.13. The van der Waals surface area contributed by atoms with Crippen molar-refractivity contribution >= 4 is 11.6 Å². The Labute approximate surface area is 98.5 Å². The van der Waals surface area contributed by atoms with Crippen LogP contribution in [0.15, 0.2) is 10.2 Å². The highest BCUT2D eigenvalue weighted by Gasteiger charge is 2.29. The standard InChI is InChI=1S/C12H23ClN2/c1-10(2)9-11(3)14-15-12(13)7-5-4-6-8-12/h10-11H,4-9H2,1-3H3. The summed E-state index contributed by atoms with van der Waals surface area (Å²) in [6.07, 6.45) is 6.77. The number of halogens is 1. The van der Waals surface area contributed by atoms with E-state index >= 15 is 0 Å². The summed E-state index contributed by atoms with van der Waals surface area (Å²) in [4.78, 5) is -0.372. The van der Waals surface area contributed by atoms with E-state index in [9.17, 15) is 0 Å². The molecule has 0 radical (unpaired) electrons. The van der Waals surface area contributed by atoms with Crippen molar-refractivity contribution < 1.29 is 0 Å². The van der Waals surface area contributed by atoms with E-state index in [-0.39, 0.29) is 5.00 Å². The van der Waals surface area contributed by atoms with Gasteiger partial charge in [-0.05, 0) is 44.9 Å². The number of rotatable bonds is 4. The molecule has 0 aliphatic heterocycles. The smallest absolute Gasteiger partial charge is 0.154 e.